The van der Waals surface area contributed by atoms with Gasteiger partial charge in [0, 0.05) is 23.3 Å². The predicted octanol–water partition coefficient (Wildman–Crippen LogP) is 1.25. The van der Waals surface area contributed by atoms with Crippen LogP contribution in [0.25, 0.3) is 0 Å². The summed E-state index contributed by atoms with van der Waals surface area (Å²) in [5.41, 5.74) is 0.469. The van der Waals surface area contributed by atoms with Crippen LogP contribution in [0.15, 0.2) is 34.7 Å². The highest BCUT2D eigenvalue weighted by Crippen LogP contribution is 2.09. The van der Waals surface area contributed by atoms with Crippen LogP contribution in [0.3, 0.4) is 0 Å². The van der Waals surface area contributed by atoms with Gasteiger partial charge in [0.2, 0.25) is 5.91 Å². The van der Waals surface area contributed by atoms with E-state index in [4.69, 9.17) is 0 Å². The zero-order valence-corrected chi connectivity index (χ0v) is 10.0. The molecule has 2 heterocycles. The number of aryl methyl sites for hydroxylation is 1. The summed E-state index contributed by atoms with van der Waals surface area (Å²) in [5, 5.41) is 4.94. The summed E-state index contributed by atoms with van der Waals surface area (Å²) in [7, 11) is 0. The molecule has 2 rings (SSSR count). The molecule has 0 radical (unpaired) electrons. The average Bonchev–Trinajstić information content (AvgIpc) is 2.77. The molecular weight excluding hydrogens is 238 g/mol. The number of hydrogen-bond acceptors (Lipinski definition) is 4. The highest BCUT2D eigenvalue weighted by Gasteiger charge is 2.06. The number of thiazole rings is 1. The van der Waals surface area contributed by atoms with E-state index in [9.17, 15) is 9.59 Å². The fourth-order valence-corrected chi connectivity index (χ4v) is 1.93. The maximum absolute atomic E-state index is 11.7. The third-order valence-electron chi connectivity index (χ3n) is 2.20. The van der Waals surface area contributed by atoms with Gasteiger partial charge in [-0.3, -0.25) is 9.59 Å². The number of nitrogens with one attached hydrogen (secondary N) is 1. The molecule has 88 valence electrons. The Morgan fingerprint density at radius 3 is 3.12 bits per heavy atom. The van der Waals surface area contributed by atoms with E-state index in [2.05, 4.69) is 10.3 Å². The van der Waals surface area contributed by atoms with Gasteiger partial charge in [0.25, 0.3) is 5.56 Å². The Kier molecular flexibility index (Phi) is 3.34. The minimum absolute atomic E-state index is 0.0000926. The molecule has 0 saturated heterocycles. The number of carbonyl (C=O) groups is 1. The highest BCUT2D eigenvalue weighted by atomic mass is 32.1. The first-order valence-corrected chi connectivity index (χ1v) is 5.90. The molecule has 1 N–H and O–H groups in total. The zero-order valence-electron chi connectivity index (χ0n) is 9.21. The fraction of sp³-hybridized carbons (Fsp3) is 0.182. The molecule has 2 aromatic rings. The van der Waals surface area contributed by atoms with Crippen molar-refractivity contribution in [1.29, 1.82) is 0 Å². The van der Waals surface area contributed by atoms with Gasteiger partial charge in [0.05, 0.1) is 0 Å². The van der Waals surface area contributed by atoms with Crippen molar-refractivity contribution < 1.29 is 4.79 Å². The summed E-state index contributed by atoms with van der Waals surface area (Å²) < 4.78 is 1.37. The van der Waals surface area contributed by atoms with Gasteiger partial charge in [0.15, 0.2) is 5.13 Å². The van der Waals surface area contributed by atoms with Crippen molar-refractivity contribution in [2.24, 2.45) is 0 Å². The lowest BCUT2D eigenvalue weighted by molar-refractivity contribution is -0.116. The van der Waals surface area contributed by atoms with E-state index in [0.717, 1.165) is 0 Å². The molecule has 0 aromatic carbocycles. The third-order valence-corrected chi connectivity index (χ3v) is 2.89. The maximum atomic E-state index is 11.7. The number of anilines is 1. The van der Waals surface area contributed by atoms with Crippen LogP contribution in [0.1, 0.15) is 5.56 Å². The second kappa shape index (κ2) is 4.92. The molecule has 2 aromatic heterocycles. The Morgan fingerprint density at radius 1 is 1.59 bits per heavy atom. The SMILES string of the molecule is Cc1cccn(CC(=O)Nc2nccs2)c1=O. The quantitative estimate of drug-likeness (QED) is 0.890. The van der Waals surface area contributed by atoms with E-state index in [1.165, 1.54) is 15.9 Å². The number of pyridine rings is 1. The number of nitrogens with zero attached hydrogens (tertiary/aromatic N) is 2. The van der Waals surface area contributed by atoms with Crippen molar-refractivity contribution in [3.63, 3.8) is 0 Å². The summed E-state index contributed by atoms with van der Waals surface area (Å²) in [5.74, 6) is -0.257. The van der Waals surface area contributed by atoms with E-state index >= 15 is 0 Å². The molecule has 0 aliphatic rings. The molecule has 0 spiro atoms. The van der Waals surface area contributed by atoms with Crippen molar-refractivity contribution >= 4 is 22.4 Å². The standard InChI is InChI=1S/C11H11N3O2S/c1-8-3-2-5-14(10(8)16)7-9(15)13-11-12-4-6-17-11/h2-6H,7H2,1H3,(H,12,13,15). The average molecular weight is 249 g/mol. The van der Waals surface area contributed by atoms with Gasteiger partial charge < -0.3 is 9.88 Å². The fourth-order valence-electron chi connectivity index (χ4n) is 1.38. The molecule has 0 unspecified atom stereocenters. The number of aromatic nitrogens is 2. The van der Waals surface area contributed by atoms with Gasteiger partial charge in [-0.05, 0) is 13.0 Å². The molecule has 5 nitrogen and oxygen atoms in total. The first-order chi connectivity index (χ1) is 8.16. The van der Waals surface area contributed by atoms with Gasteiger partial charge >= 0.3 is 0 Å². The summed E-state index contributed by atoms with van der Waals surface area (Å²) in [4.78, 5) is 27.3. The van der Waals surface area contributed by atoms with Crippen molar-refractivity contribution in [1.82, 2.24) is 9.55 Å². The topological polar surface area (TPSA) is 64.0 Å². The number of amides is 1. The van der Waals surface area contributed by atoms with Gasteiger partial charge in [-0.1, -0.05) is 6.07 Å². The van der Waals surface area contributed by atoms with Crippen molar-refractivity contribution in [3.8, 4) is 0 Å². The largest absolute Gasteiger partial charge is 0.306 e. The Bertz CT molecular complexity index is 575. The molecule has 17 heavy (non-hydrogen) atoms. The van der Waals surface area contributed by atoms with Crippen molar-refractivity contribution in [2.45, 2.75) is 13.5 Å². The molecule has 0 saturated carbocycles. The molecule has 0 aliphatic heterocycles. The van der Waals surface area contributed by atoms with Gasteiger partial charge in [-0.2, -0.15) is 0 Å². The lowest BCUT2D eigenvalue weighted by atomic mass is 10.3. The lowest BCUT2D eigenvalue weighted by Gasteiger charge is -2.05. The summed E-state index contributed by atoms with van der Waals surface area (Å²) >= 11 is 1.34. The van der Waals surface area contributed by atoms with E-state index in [1.807, 2.05) is 0 Å². The van der Waals surface area contributed by atoms with Crippen LogP contribution in [0.5, 0.6) is 0 Å². The van der Waals surface area contributed by atoms with Crippen LogP contribution >= 0.6 is 11.3 Å². The number of carbonyl (C=O) groups excluding carboxylic acids is 1. The normalized spacial score (nSPS) is 10.2. The molecule has 0 atom stereocenters. The van der Waals surface area contributed by atoms with E-state index in [-0.39, 0.29) is 18.0 Å². The second-order valence-corrected chi connectivity index (χ2v) is 4.40. The van der Waals surface area contributed by atoms with E-state index < -0.39 is 0 Å². The Balaban J connectivity index is 2.08. The molecule has 0 aliphatic carbocycles. The summed E-state index contributed by atoms with van der Waals surface area (Å²) in [6, 6.07) is 3.46. The van der Waals surface area contributed by atoms with Crippen LogP contribution in [-0.4, -0.2) is 15.5 Å². The minimum Gasteiger partial charge on any atom is -0.306 e. The lowest BCUT2D eigenvalue weighted by Crippen LogP contribution is -2.28. The van der Waals surface area contributed by atoms with Crippen LogP contribution in [0.4, 0.5) is 5.13 Å². The highest BCUT2D eigenvalue weighted by molar-refractivity contribution is 7.13. The first-order valence-electron chi connectivity index (χ1n) is 5.02. The Labute approximate surface area is 102 Å². The second-order valence-electron chi connectivity index (χ2n) is 3.51. The Hall–Kier alpha value is -1.95. The summed E-state index contributed by atoms with van der Waals surface area (Å²) in [6.45, 7) is 1.72. The molecule has 1 amide bonds. The van der Waals surface area contributed by atoms with Crippen molar-refractivity contribution in [2.75, 3.05) is 5.32 Å². The number of rotatable bonds is 3. The van der Waals surface area contributed by atoms with Gasteiger partial charge in [-0.25, -0.2) is 4.98 Å². The van der Waals surface area contributed by atoms with E-state index in [0.29, 0.717) is 10.7 Å². The molecule has 0 bridgehead atoms. The van der Waals surface area contributed by atoms with Crippen LogP contribution in [-0.2, 0) is 11.3 Å². The smallest absolute Gasteiger partial charge is 0.253 e. The van der Waals surface area contributed by atoms with Crippen LogP contribution in [0.2, 0.25) is 0 Å². The van der Waals surface area contributed by atoms with Crippen molar-refractivity contribution in [3.05, 3.63) is 45.8 Å². The maximum Gasteiger partial charge on any atom is 0.253 e. The van der Waals surface area contributed by atoms with Crippen LogP contribution in [0, 0.1) is 6.92 Å². The number of hydrogen-bond donors (Lipinski definition) is 1. The van der Waals surface area contributed by atoms with Gasteiger partial charge in [-0.15, -0.1) is 11.3 Å². The third kappa shape index (κ3) is 2.79. The molecular formula is C11H11N3O2S. The molecule has 0 fully saturated rings. The molecule has 6 heteroatoms. The predicted molar refractivity (Wildman–Crippen MR) is 66.2 cm³/mol. The monoisotopic (exact) mass is 249 g/mol. The summed E-state index contributed by atoms with van der Waals surface area (Å²) in [6.07, 6.45) is 3.20. The Morgan fingerprint density at radius 2 is 2.41 bits per heavy atom. The minimum atomic E-state index is -0.257. The van der Waals surface area contributed by atoms with E-state index in [1.54, 1.807) is 36.8 Å². The zero-order chi connectivity index (χ0) is 12.3. The van der Waals surface area contributed by atoms with Gasteiger partial charge in [0.1, 0.15) is 6.54 Å². The first kappa shape index (κ1) is 11.5. The van der Waals surface area contributed by atoms with Crippen LogP contribution < -0.4 is 10.9 Å².